The molecule has 0 aliphatic carbocycles. The molecule has 21 heavy (non-hydrogen) atoms. The lowest BCUT2D eigenvalue weighted by Gasteiger charge is -2.29. The Labute approximate surface area is 130 Å². The molecule has 0 radical (unpaired) electrons. The zero-order chi connectivity index (χ0) is 14.7. The van der Waals surface area contributed by atoms with Gasteiger partial charge >= 0.3 is 0 Å². The second-order valence-electron chi connectivity index (χ2n) is 6.23. The molecule has 3 heterocycles. The van der Waals surface area contributed by atoms with Crippen LogP contribution in [0.15, 0.2) is 17.5 Å². The van der Waals surface area contributed by atoms with Crippen LogP contribution in [0.25, 0.3) is 0 Å². The first kappa shape index (κ1) is 15.0. The van der Waals surface area contributed by atoms with E-state index in [0.717, 1.165) is 45.7 Å². The quantitative estimate of drug-likeness (QED) is 0.851. The molecule has 0 aromatic carbocycles. The van der Waals surface area contributed by atoms with Gasteiger partial charge in [0.15, 0.2) is 0 Å². The van der Waals surface area contributed by atoms with E-state index in [9.17, 15) is 4.79 Å². The largest absolute Gasteiger partial charge is 0.379 e. The number of rotatable bonds is 4. The normalized spacial score (nSPS) is 26.6. The van der Waals surface area contributed by atoms with Crippen LogP contribution in [0.5, 0.6) is 0 Å². The van der Waals surface area contributed by atoms with Crippen molar-refractivity contribution in [1.29, 1.82) is 0 Å². The molecular formula is C16H24N2O2S. The fourth-order valence-electron chi connectivity index (χ4n) is 3.28. The molecule has 0 unspecified atom stereocenters. The molecule has 2 aliphatic rings. The van der Waals surface area contributed by atoms with Gasteiger partial charge in [0.2, 0.25) is 5.91 Å². The predicted molar refractivity (Wildman–Crippen MR) is 84.6 cm³/mol. The SMILES string of the molecule is CN1C[C@H]2COC[C@@H]1CN(C(=O)CCCc1cccs1)C2. The van der Waals surface area contributed by atoms with E-state index in [1.807, 2.05) is 0 Å². The lowest BCUT2D eigenvalue weighted by Crippen LogP contribution is -2.44. The summed E-state index contributed by atoms with van der Waals surface area (Å²) in [7, 11) is 2.15. The van der Waals surface area contributed by atoms with E-state index in [1.165, 1.54) is 4.88 Å². The van der Waals surface area contributed by atoms with E-state index < -0.39 is 0 Å². The smallest absolute Gasteiger partial charge is 0.222 e. The summed E-state index contributed by atoms with van der Waals surface area (Å²) in [6.45, 7) is 4.28. The van der Waals surface area contributed by atoms with Crippen LogP contribution in [-0.4, -0.2) is 61.6 Å². The maximum Gasteiger partial charge on any atom is 0.222 e. The summed E-state index contributed by atoms with van der Waals surface area (Å²) in [6, 6.07) is 4.59. The third-order valence-corrected chi connectivity index (χ3v) is 5.43. The lowest BCUT2D eigenvalue weighted by atomic mass is 10.1. The summed E-state index contributed by atoms with van der Waals surface area (Å²) in [5.41, 5.74) is 0. The van der Waals surface area contributed by atoms with Gasteiger partial charge in [-0.05, 0) is 31.3 Å². The van der Waals surface area contributed by atoms with Gasteiger partial charge in [0.05, 0.1) is 19.3 Å². The van der Waals surface area contributed by atoms with Crippen molar-refractivity contribution in [2.75, 3.05) is 39.9 Å². The number of carbonyl (C=O) groups excluding carboxylic acids is 1. The summed E-state index contributed by atoms with van der Waals surface area (Å²) >= 11 is 1.78. The first-order valence-electron chi connectivity index (χ1n) is 7.80. The summed E-state index contributed by atoms with van der Waals surface area (Å²) in [4.78, 5) is 18.3. The Balaban J connectivity index is 1.52. The molecular weight excluding hydrogens is 284 g/mol. The molecule has 0 N–H and O–H groups in total. The number of carbonyl (C=O) groups is 1. The zero-order valence-electron chi connectivity index (χ0n) is 12.7. The standard InChI is InChI=1S/C16H24N2O2S/c1-17-8-13-9-18(10-14(17)12-20-11-13)16(19)6-2-4-15-5-3-7-21-15/h3,5,7,13-14H,2,4,6,8-12H2,1H3/t13-,14+/m1/s1. The van der Waals surface area contributed by atoms with Crippen LogP contribution in [0, 0.1) is 5.92 Å². The van der Waals surface area contributed by atoms with Crippen molar-refractivity contribution < 1.29 is 9.53 Å². The highest BCUT2D eigenvalue weighted by molar-refractivity contribution is 7.09. The lowest BCUT2D eigenvalue weighted by molar-refractivity contribution is -0.133. The number of aryl methyl sites for hydroxylation is 1. The molecule has 1 aromatic rings. The van der Waals surface area contributed by atoms with Gasteiger partial charge in [-0.1, -0.05) is 6.07 Å². The van der Waals surface area contributed by atoms with Crippen LogP contribution in [0.3, 0.4) is 0 Å². The minimum absolute atomic E-state index is 0.318. The summed E-state index contributed by atoms with van der Waals surface area (Å²) in [5, 5.41) is 2.10. The Bertz CT molecular complexity index is 463. The number of nitrogens with zero attached hydrogens (tertiary/aromatic N) is 2. The van der Waals surface area contributed by atoms with E-state index in [1.54, 1.807) is 11.3 Å². The highest BCUT2D eigenvalue weighted by Crippen LogP contribution is 2.19. The molecule has 4 nitrogen and oxygen atoms in total. The molecule has 2 fully saturated rings. The van der Waals surface area contributed by atoms with Crippen LogP contribution in [0.1, 0.15) is 17.7 Å². The Morgan fingerprint density at radius 3 is 3.10 bits per heavy atom. The van der Waals surface area contributed by atoms with E-state index in [4.69, 9.17) is 4.74 Å². The number of hydrogen-bond donors (Lipinski definition) is 0. The molecule has 1 amide bonds. The van der Waals surface area contributed by atoms with Crippen LogP contribution < -0.4 is 0 Å². The first-order chi connectivity index (χ1) is 10.2. The van der Waals surface area contributed by atoms with Gasteiger partial charge in [-0.25, -0.2) is 0 Å². The van der Waals surface area contributed by atoms with Crippen molar-refractivity contribution in [2.24, 2.45) is 5.92 Å². The molecule has 2 saturated heterocycles. The van der Waals surface area contributed by atoms with Crippen molar-refractivity contribution >= 4 is 17.2 Å². The number of amides is 1. The van der Waals surface area contributed by atoms with Crippen molar-refractivity contribution in [1.82, 2.24) is 9.80 Å². The van der Waals surface area contributed by atoms with Crippen LogP contribution in [0.4, 0.5) is 0 Å². The first-order valence-corrected chi connectivity index (χ1v) is 8.68. The average Bonchev–Trinajstić information content (AvgIpc) is 2.82. The molecule has 116 valence electrons. The van der Waals surface area contributed by atoms with Crippen LogP contribution in [-0.2, 0) is 16.0 Å². The minimum Gasteiger partial charge on any atom is -0.379 e. The Kier molecular flexibility index (Phi) is 4.93. The van der Waals surface area contributed by atoms with Crippen molar-refractivity contribution in [3.05, 3.63) is 22.4 Å². The van der Waals surface area contributed by atoms with Gasteiger partial charge in [-0.15, -0.1) is 11.3 Å². The molecule has 3 rings (SSSR count). The van der Waals surface area contributed by atoms with E-state index in [2.05, 4.69) is 34.4 Å². The second kappa shape index (κ2) is 6.90. The van der Waals surface area contributed by atoms with Gasteiger partial charge in [0.25, 0.3) is 0 Å². The highest BCUT2D eigenvalue weighted by Gasteiger charge is 2.32. The molecule has 2 atom stereocenters. The van der Waals surface area contributed by atoms with Gasteiger partial charge in [0.1, 0.15) is 0 Å². The van der Waals surface area contributed by atoms with Crippen LogP contribution in [0.2, 0.25) is 0 Å². The Hall–Kier alpha value is -0.910. The molecule has 0 spiro atoms. The fraction of sp³-hybridized carbons (Fsp3) is 0.688. The van der Waals surface area contributed by atoms with Crippen molar-refractivity contribution in [3.8, 4) is 0 Å². The third kappa shape index (κ3) is 3.84. The number of thiophene rings is 1. The van der Waals surface area contributed by atoms with E-state index in [-0.39, 0.29) is 0 Å². The minimum atomic E-state index is 0.318. The maximum atomic E-state index is 12.5. The Morgan fingerprint density at radius 2 is 2.29 bits per heavy atom. The monoisotopic (exact) mass is 308 g/mol. The molecule has 2 bridgehead atoms. The molecule has 2 aliphatic heterocycles. The average molecular weight is 308 g/mol. The zero-order valence-corrected chi connectivity index (χ0v) is 13.5. The van der Waals surface area contributed by atoms with Crippen molar-refractivity contribution in [3.63, 3.8) is 0 Å². The number of likely N-dealkylation sites (N-methyl/N-ethyl adjacent to an activating group) is 1. The maximum absolute atomic E-state index is 12.5. The van der Waals surface area contributed by atoms with Gasteiger partial charge in [-0.3, -0.25) is 9.69 Å². The summed E-state index contributed by atoms with van der Waals surface area (Å²) in [6.07, 6.45) is 2.65. The predicted octanol–water partition coefficient (Wildman–Crippen LogP) is 1.86. The molecule has 5 heteroatoms. The third-order valence-electron chi connectivity index (χ3n) is 4.49. The number of hydrogen-bond acceptors (Lipinski definition) is 4. The van der Waals surface area contributed by atoms with Gasteiger partial charge < -0.3 is 9.64 Å². The molecule has 1 aromatic heterocycles. The van der Waals surface area contributed by atoms with Gasteiger partial charge in [-0.2, -0.15) is 0 Å². The van der Waals surface area contributed by atoms with Gasteiger partial charge in [0, 0.05) is 36.9 Å². The van der Waals surface area contributed by atoms with Crippen molar-refractivity contribution in [2.45, 2.75) is 25.3 Å². The summed E-state index contributed by atoms with van der Waals surface area (Å²) < 4.78 is 5.71. The Morgan fingerprint density at radius 1 is 1.38 bits per heavy atom. The van der Waals surface area contributed by atoms with Crippen LogP contribution >= 0.6 is 11.3 Å². The number of fused-ring (bicyclic) bond motifs is 3. The second-order valence-corrected chi connectivity index (χ2v) is 7.26. The molecule has 0 saturated carbocycles. The summed E-state index contributed by atoms with van der Waals surface area (Å²) in [5.74, 6) is 0.780. The van der Waals surface area contributed by atoms with E-state index >= 15 is 0 Å². The highest BCUT2D eigenvalue weighted by atomic mass is 32.1. The topological polar surface area (TPSA) is 32.8 Å². The van der Waals surface area contributed by atoms with E-state index in [0.29, 0.717) is 24.3 Å². The number of ether oxygens (including phenoxy) is 1. The fourth-order valence-corrected chi connectivity index (χ4v) is 4.03.